The molecule has 0 aliphatic rings. The Bertz CT molecular complexity index is 1200. The van der Waals surface area contributed by atoms with Gasteiger partial charge in [-0.3, -0.25) is 9.59 Å². The minimum atomic E-state index is -0.285. The van der Waals surface area contributed by atoms with E-state index >= 15 is 0 Å². The molecule has 2 aromatic carbocycles. The molecule has 0 amide bonds. The van der Waals surface area contributed by atoms with Crippen LogP contribution >= 0.6 is 23.2 Å². The number of pyridine rings is 1. The molecule has 34 heavy (non-hydrogen) atoms. The summed E-state index contributed by atoms with van der Waals surface area (Å²) in [4.78, 5) is 29.9. The molecule has 0 bridgehead atoms. The van der Waals surface area contributed by atoms with Crippen molar-refractivity contribution in [3.05, 3.63) is 69.8 Å². The number of carbonyl (C=O) groups excluding carboxylic acids is 2. The highest BCUT2D eigenvalue weighted by molar-refractivity contribution is 6.42. The fraction of sp³-hybridized carbons (Fsp3) is 0.240. The van der Waals surface area contributed by atoms with Gasteiger partial charge in [-0.2, -0.15) is 0 Å². The van der Waals surface area contributed by atoms with E-state index < -0.39 is 0 Å². The standard InChI is InChI=1S/C25H23Cl2NO6/c1-32-23-10-6-19(28-25(23)16-3-5-17(26)18(27)13-16)21(31)8-7-20(30)15-4-9-22(34-12-11-29)24(14-15)33-2/h3-6,9-10,13-14,29H,7-8,11-12H2,1-2H3. The molecule has 0 aliphatic carbocycles. The van der Waals surface area contributed by atoms with E-state index in [1.165, 1.54) is 14.2 Å². The van der Waals surface area contributed by atoms with Crippen molar-refractivity contribution >= 4 is 34.8 Å². The number of carbonyl (C=O) groups is 2. The molecular weight excluding hydrogens is 481 g/mol. The maximum Gasteiger partial charge on any atom is 0.181 e. The summed E-state index contributed by atoms with van der Waals surface area (Å²) in [6.45, 7) is -0.0324. The highest BCUT2D eigenvalue weighted by Crippen LogP contribution is 2.33. The van der Waals surface area contributed by atoms with Gasteiger partial charge in [-0.1, -0.05) is 29.3 Å². The summed E-state index contributed by atoms with van der Waals surface area (Å²) in [6, 6.07) is 13.0. The second kappa shape index (κ2) is 11.8. The van der Waals surface area contributed by atoms with E-state index in [2.05, 4.69) is 4.98 Å². The lowest BCUT2D eigenvalue weighted by atomic mass is 10.0. The number of aliphatic hydroxyl groups excluding tert-OH is 1. The molecule has 3 aromatic rings. The number of benzene rings is 2. The molecule has 178 valence electrons. The average Bonchev–Trinajstić information content (AvgIpc) is 2.86. The third kappa shape index (κ3) is 6.05. The van der Waals surface area contributed by atoms with Gasteiger partial charge in [0.1, 0.15) is 23.7 Å². The van der Waals surface area contributed by atoms with Gasteiger partial charge in [0.15, 0.2) is 23.1 Å². The van der Waals surface area contributed by atoms with E-state index in [4.69, 9.17) is 42.5 Å². The van der Waals surface area contributed by atoms with Crippen molar-refractivity contribution in [3.63, 3.8) is 0 Å². The molecule has 1 N–H and O–H groups in total. The third-order valence-electron chi connectivity index (χ3n) is 4.97. The summed E-state index contributed by atoms with van der Waals surface area (Å²) in [5.41, 5.74) is 1.69. The molecule has 3 rings (SSSR count). The lowest BCUT2D eigenvalue weighted by Crippen LogP contribution is -2.08. The molecule has 1 aromatic heterocycles. The van der Waals surface area contributed by atoms with Crippen molar-refractivity contribution in [2.24, 2.45) is 0 Å². The number of hydrogen-bond acceptors (Lipinski definition) is 7. The average molecular weight is 504 g/mol. The van der Waals surface area contributed by atoms with Crippen LogP contribution < -0.4 is 14.2 Å². The second-order valence-electron chi connectivity index (χ2n) is 7.16. The Morgan fingerprint density at radius 2 is 1.56 bits per heavy atom. The zero-order valence-electron chi connectivity index (χ0n) is 18.6. The largest absolute Gasteiger partial charge is 0.494 e. The maximum absolute atomic E-state index is 12.8. The lowest BCUT2D eigenvalue weighted by Gasteiger charge is -2.11. The Labute approximate surface area is 207 Å². The molecule has 0 radical (unpaired) electrons. The number of aromatic nitrogens is 1. The first-order valence-electron chi connectivity index (χ1n) is 10.4. The van der Waals surface area contributed by atoms with E-state index in [0.29, 0.717) is 44.1 Å². The van der Waals surface area contributed by atoms with Crippen LogP contribution in [0.2, 0.25) is 10.0 Å². The SMILES string of the molecule is COc1cc(C(=O)CCC(=O)c2ccc(OC)c(-c3ccc(Cl)c(Cl)c3)n2)ccc1OCCO. The van der Waals surface area contributed by atoms with Crippen LogP contribution in [0.4, 0.5) is 0 Å². The van der Waals surface area contributed by atoms with Crippen LogP contribution in [0.25, 0.3) is 11.3 Å². The van der Waals surface area contributed by atoms with Crippen molar-refractivity contribution in [1.82, 2.24) is 4.98 Å². The Morgan fingerprint density at radius 3 is 2.24 bits per heavy atom. The smallest absolute Gasteiger partial charge is 0.181 e. The molecule has 0 atom stereocenters. The fourth-order valence-corrected chi connectivity index (χ4v) is 3.53. The van der Waals surface area contributed by atoms with Gasteiger partial charge in [-0.05, 0) is 42.5 Å². The van der Waals surface area contributed by atoms with Crippen LogP contribution in [-0.4, -0.2) is 49.1 Å². The normalized spacial score (nSPS) is 10.6. The minimum Gasteiger partial charge on any atom is -0.494 e. The van der Waals surface area contributed by atoms with Crippen LogP contribution in [-0.2, 0) is 0 Å². The number of rotatable bonds is 11. The van der Waals surface area contributed by atoms with E-state index in [9.17, 15) is 9.59 Å². The molecular formula is C25H23Cl2NO6. The van der Waals surface area contributed by atoms with Gasteiger partial charge in [0, 0.05) is 24.0 Å². The summed E-state index contributed by atoms with van der Waals surface area (Å²) in [7, 11) is 2.96. The molecule has 0 fully saturated rings. The van der Waals surface area contributed by atoms with Crippen molar-refractivity contribution < 1.29 is 28.9 Å². The van der Waals surface area contributed by atoms with Gasteiger partial charge in [0.05, 0.1) is 30.9 Å². The van der Waals surface area contributed by atoms with Crippen LogP contribution in [0.3, 0.4) is 0 Å². The number of ketones is 2. The van der Waals surface area contributed by atoms with Gasteiger partial charge in [-0.15, -0.1) is 0 Å². The van der Waals surface area contributed by atoms with E-state index in [1.807, 2.05) is 0 Å². The Kier molecular flexibility index (Phi) is 8.87. The zero-order valence-corrected chi connectivity index (χ0v) is 20.2. The second-order valence-corrected chi connectivity index (χ2v) is 7.97. The van der Waals surface area contributed by atoms with E-state index in [-0.39, 0.29) is 43.3 Å². The van der Waals surface area contributed by atoms with Crippen molar-refractivity contribution in [3.8, 4) is 28.5 Å². The third-order valence-corrected chi connectivity index (χ3v) is 5.71. The number of hydrogen-bond donors (Lipinski definition) is 1. The topological polar surface area (TPSA) is 95.0 Å². The molecule has 7 nitrogen and oxygen atoms in total. The Morgan fingerprint density at radius 1 is 0.853 bits per heavy atom. The van der Waals surface area contributed by atoms with Crippen LogP contribution in [0.5, 0.6) is 17.2 Å². The highest BCUT2D eigenvalue weighted by Gasteiger charge is 2.17. The van der Waals surface area contributed by atoms with Crippen molar-refractivity contribution in [2.45, 2.75) is 12.8 Å². The minimum absolute atomic E-state index is 0.00531. The number of halogens is 2. The van der Waals surface area contributed by atoms with Gasteiger partial charge < -0.3 is 19.3 Å². The number of aliphatic hydroxyl groups is 1. The van der Waals surface area contributed by atoms with E-state index in [0.717, 1.165) is 0 Å². The lowest BCUT2D eigenvalue weighted by molar-refractivity contribution is 0.0914. The van der Waals surface area contributed by atoms with Crippen molar-refractivity contribution in [2.75, 3.05) is 27.4 Å². The molecule has 0 aliphatic heterocycles. The molecule has 0 spiro atoms. The van der Waals surface area contributed by atoms with Crippen LogP contribution in [0.1, 0.15) is 33.7 Å². The Balaban J connectivity index is 1.74. The van der Waals surface area contributed by atoms with Crippen molar-refractivity contribution in [1.29, 1.82) is 0 Å². The van der Waals surface area contributed by atoms with Crippen LogP contribution in [0, 0.1) is 0 Å². The van der Waals surface area contributed by atoms with Gasteiger partial charge in [0.2, 0.25) is 0 Å². The van der Waals surface area contributed by atoms with Gasteiger partial charge in [-0.25, -0.2) is 4.98 Å². The Hall–Kier alpha value is -3.13. The number of Topliss-reactive ketones (excluding diaryl/α,β-unsaturated/α-hetero) is 2. The summed E-state index contributed by atoms with van der Waals surface area (Å²) in [5, 5.41) is 9.67. The molecule has 1 heterocycles. The maximum atomic E-state index is 12.8. The predicted molar refractivity (Wildman–Crippen MR) is 130 cm³/mol. The van der Waals surface area contributed by atoms with Crippen LogP contribution in [0.15, 0.2) is 48.5 Å². The number of ether oxygens (including phenoxy) is 3. The summed E-state index contributed by atoms with van der Waals surface area (Å²) in [5.74, 6) is 0.752. The summed E-state index contributed by atoms with van der Waals surface area (Å²) < 4.78 is 16.0. The first kappa shape index (κ1) is 25.5. The first-order chi connectivity index (χ1) is 16.4. The molecule has 0 unspecified atom stereocenters. The molecule has 0 saturated heterocycles. The van der Waals surface area contributed by atoms with Gasteiger partial charge in [0.25, 0.3) is 0 Å². The fourth-order valence-electron chi connectivity index (χ4n) is 3.23. The number of nitrogens with zero attached hydrogens (tertiary/aromatic N) is 1. The first-order valence-corrected chi connectivity index (χ1v) is 11.1. The summed E-state index contributed by atoms with van der Waals surface area (Å²) >= 11 is 12.1. The molecule has 9 heteroatoms. The number of methoxy groups -OCH3 is 2. The van der Waals surface area contributed by atoms with Gasteiger partial charge >= 0.3 is 0 Å². The quantitative estimate of drug-likeness (QED) is 0.355. The molecule has 0 saturated carbocycles. The van der Waals surface area contributed by atoms with E-state index in [1.54, 1.807) is 48.5 Å². The zero-order chi connectivity index (χ0) is 24.7. The predicted octanol–water partition coefficient (Wildman–Crippen LogP) is 5.29. The highest BCUT2D eigenvalue weighted by atomic mass is 35.5. The summed E-state index contributed by atoms with van der Waals surface area (Å²) in [6.07, 6.45) is -0.0291. The monoisotopic (exact) mass is 503 g/mol.